The molecule has 1 aromatic carbocycles. The highest BCUT2D eigenvalue weighted by Crippen LogP contribution is 2.31. The molecular formula is C6H5Cl3N2. The predicted octanol–water partition coefficient (Wildman–Crippen LogP) is 2.83. The van der Waals surface area contributed by atoms with E-state index in [1.807, 2.05) is 0 Å². The van der Waals surface area contributed by atoms with Gasteiger partial charge in [-0.3, -0.25) is 0 Å². The molecule has 0 aromatic heterocycles. The van der Waals surface area contributed by atoms with Crippen LogP contribution in [-0.2, 0) is 0 Å². The van der Waals surface area contributed by atoms with E-state index in [1.54, 1.807) is 18.2 Å². The third-order valence-electron chi connectivity index (χ3n) is 1.16. The highest BCUT2D eigenvalue weighted by atomic mass is 35.5. The molecule has 1 rings (SSSR count). The summed E-state index contributed by atoms with van der Waals surface area (Å²) in [5, 5.41) is 0.784. The van der Waals surface area contributed by atoms with Gasteiger partial charge in [-0.25, -0.2) is 10.4 Å². The van der Waals surface area contributed by atoms with Gasteiger partial charge in [0.1, 0.15) is 0 Å². The Bertz CT molecular complexity index is 262. The number of anilines is 1. The molecule has 0 saturated heterocycles. The number of halogens is 3. The van der Waals surface area contributed by atoms with Crippen LogP contribution in [0.3, 0.4) is 0 Å². The van der Waals surface area contributed by atoms with Gasteiger partial charge in [-0.15, -0.1) is 0 Å². The summed E-state index contributed by atoms with van der Waals surface area (Å²) in [6, 6.07) is 5.04. The molecule has 2 nitrogen and oxygen atoms in total. The van der Waals surface area contributed by atoms with Crippen LogP contribution >= 0.6 is 35.0 Å². The van der Waals surface area contributed by atoms with Crippen LogP contribution in [0.25, 0.3) is 0 Å². The fourth-order valence-electron chi connectivity index (χ4n) is 0.657. The van der Waals surface area contributed by atoms with Crippen LogP contribution in [0.15, 0.2) is 18.2 Å². The topological polar surface area (TPSA) is 29.3 Å². The zero-order valence-corrected chi connectivity index (χ0v) is 7.66. The third-order valence-corrected chi connectivity index (χ3v) is 2.15. The van der Waals surface area contributed by atoms with Gasteiger partial charge in [-0.1, -0.05) is 29.3 Å². The fourth-order valence-corrected chi connectivity index (χ4v) is 1.23. The fraction of sp³-hybridized carbons (Fsp3) is 0. The van der Waals surface area contributed by atoms with E-state index in [1.165, 1.54) is 0 Å². The minimum atomic E-state index is 0.353. The van der Waals surface area contributed by atoms with Crippen LogP contribution in [-0.4, -0.2) is 0 Å². The van der Waals surface area contributed by atoms with Crippen molar-refractivity contribution < 1.29 is 0 Å². The lowest BCUT2D eigenvalue weighted by molar-refractivity contribution is 1.19. The first-order chi connectivity index (χ1) is 5.13. The maximum Gasteiger partial charge on any atom is 0.0904 e. The second-order valence-corrected chi connectivity index (χ2v) is 3.03. The Morgan fingerprint density at radius 1 is 1.27 bits per heavy atom. The van der Waals surface area contributed by atoms with E-state index in [0.29, 0.717) is 15.7 Å². The number of nitrogens with two attached hydrogens (primary N) is 1. The van der Waals surface area contributed by atoms with E-state index in [4.69, 9.17) is 40.8 Å². The molecule has 0 spiro atoms. The summed E-state index contributed by atoms with van der Waals surface area (Å²) in [5.74, 6) is 5.24. The van der Waals surface area contributed by atoms with Crippen LogP contribution in [0.4, 0.5) is 5.69 Å². The normalized spacial score (nSPS) is 9.82. The van der Waals surface area contributed by atoms with Gasteiger partial charge in [0.05, 0.1) is 15.7 Å². The number of hydrogen-bond acceptors (Lipinski definition) is 2. The molecule has 0 bridgehead atoms. The Morgan fingerprint density at radius 2 is 1.91 bits per heavy atom. The molecule has 0 saturated carbocycles. The molecule has 0 aliphatic rings. The molecule has 0 atom stereocenters. The molecule has 0 fully saturated rings. The Labute approximate surface area is 79.5 Å². The molecule has 0 amide bonds. The summed E-state index contributed by atoms with van der Waals surface area (Å²) in [6.45, 7) is 0. The lowest BCUT2D eigenvalue weighted by atomic mass is 10.3. The third kappa shape index (κ3) is 1.91. The molecular weight excluding hydrogens is 206 g/mol. The Balaban J connectivity index is 3.17. The van der Waals surface area contributed by atoms with Crippen LogP contribution < -0.4 is 10.4 Å². The quantitative estimate of drug-likeness (QED) is 0.440. The summed E-state index contributed by atoms with van der Waals surface area (Å²) in [7, 11) is 0. The summed E-state index contributed by atoms with van der Waals surface area (Å²) in [6.07, 6.45) is 0. The molecule has 0 radical (unpaired) electrons. The predicted molar refractivity (Wildman–Crippen MR) is 49.0 cm³/mol. The summed E-state index contributed by atoms with van der Waals surface area (Å²) in [4.78, 5) is 0. The van der Waals surface area contributed by atoms with Crippen molar-refractivity contribution in [2.45, 2.75) is 0 Å². The maximum atomic E-state index is 5.75. The number of rotatable bonds is 1. The largest absolute Gasteiger partial charge is 0.232 e. The van der Waals surface area contributed by atoms with Crippen molar-refractivity contribution >= 4 is 40.7 Å². The Hall–Kier alpha value is -0.150. The van der Waals surface area contributed by atoms with Gasteiger partial charge in [-0.05, 0) is 12.1 Å². The molecule has 5 heteroatoms. The number of hydrazine groups is 1. The molecule has 0 aliphatic carbocycles. The second kappa shape index (κ2) is 3.50. The van der Waals surface area contributed by atoms with E-state index in [0.717, 1.165) is 4.53 Å². The molecule has 1 aromatic rings. The second-order valence-electron chi connectivity index (χ2n) is 1.88. The highest BCUT2D eigenvalue weighted by Gasteiger charge is 2.06. The Kier molecular flexibility index (Phi) is 2.84. The summed E-state index contributed by atoms with van der Waals surface area (Å²) in [5.41, 5.74) is 0.487. The number of hydrogen-bond donors (Lipinski definition) is 1. The van der Waals surface area contributed by atoms with Gasteiger partial charge in [0.25, 0.3) is 0 Å². The van der Waals surface area contributed by atoms with E-state index >= 15 is 0 Å². The number of nitrogens with zero attached hydrogens (tertiary/aromatic N) is 1. The van der Waals surface area contributed by atoms with Gasteiger partial charge in [0, 0.05) is 11.8 Å². The minimum Gasteiger partial charge on any atom is -0.232 e. The van der Waals surface area contributed by atoms with Crippen molar-refractivity contribution in [3.63, 3.8) is 0 Å². The first kappa shape index (κ1) is 8.94. The van der Waals surface area contributed by atoms with Crippen LogP contribution in [0.5, 0.6) is 0 Å². The molecule has 60 valence electrons. The maximum absolute atomic E-state index is 5.75. The molecule has 11 heavy (non-hydrogen) atoms. The minimum absolute atomic E-state index is 0.353. The van der Waals surface area contributed by atoms with Crippen LogP contribution in [0.2, 0.25) is 10.0 Å². The average Bonchev–Trinajstić information content (AvgIpc) is 1.94. The van der Waals surface area contributed by atoms with Crippen molar-refractivity contribution in [1.29, 1.82) is 0 Å². The van der Waals surface area contributed by atoms with Gasteiger partial charge >= 0.3 is 0 Å². The van der Waals surface area contributed by atoms with E-state index in [2.05, 4.69) is 0 Å². The zero-order valence-electron chi connectivity index (χ0n) is 5.39. The lowest BCUT2D eigenvalue weighted by Gasteiger charge is -2.10. The molecule has 0 heterocycles. The standard InChI is InChI=1S/C6H5Cl3N2/c7-4-2-1-3-5(6(4)8)11(9)10/h1-3H,10H2. The SMILES string of the molecule is NN(Cl)c1cccc(Cl)c1Cl. The van der Waals surface area contributed by atoms with Crippen molar-refractivity contribution in [2.75, 3.05) is 4.53 Å². The van der Waals surface area contributed by atoms with Crippen molar-refractivity contribution in [3.05, 3.63) is 28.2 Å². The summed E-state index contributed by atoms with van der Waals surface area (Å²) < 4.78 is 0.897. The summed E-state index contributed by atoms with van der Waals surface area (Å²) >= 11 is 16.9. The van der Waals surface area contributed by atoms with E-state index in [9.17, 15) is 0 Å². The van der Waals surface area contributed by atoms with Gasteiger partial charge in [0.15, 0.2) is 0 Å². The van der Waals surface area contributed by atoms with Crippen molar-refractivity contribution in [2.24, 2.45) is 5.84 Å². The van der Waals surface area contributed by atoms with E-state index in [-0.39, 0.29) is 0 Å². The molecule has 0 unspecified atom stereocenters. The lowest BCUT2D eigenvalue weighted by Crippen LogP contribution is -2.18. The van der Waals surface area contributed by atoms with Gasteiger partial charge < -0.3 is 0 Å². The van der Waals surface area contributed by atoms with E-state index < -0.39 is 0 Å². The smallest absolute Gasteiger partial charge is 0.0904 e. The van der Waals surface area contributed by atoms with Crippen molar-refractivity contribution in [3.8, 4) is 0 Å². The zero-order chi connectivity index (χ0) is 8.43. The van der Waals surface area contributed by atoms with Crippen molar-refractivity contribution in [1.82, 2.24) is 0 Å². The van der Waals surface area contributed by atoms with Crippen LogP contribution in [0, 0.1) is 0 Å². The van der Waals surface area contributed by atoms with Gasteiger partial charge in [-0.2, -0.15) is 0 Å². The average molecular weight is 211 g/mol. The van der Waals surface area contributed by atoms with Gasteiger partial charge in [0.2, 0.25) is 0 Å². The first-order valence-electron chi connectivity index (χ1n) is 2.77. The highest BCUT2D eigenvalue weighted by molar-refractivity contribution is 6.44. The Morgan fingerprint density at radius 3 is 2.36 bits per heavy atom. The molecule has 2 N–H and O–H groups in total. The monoisotopic (exact) mass is 210 g/mol. The first-order valence-corrected chi connectivity index (χ1v) is 3.87. The number of benzene rings is 1. The molecule has 0 aliphatic heterocycles. The van der Waals surface area contributed by atoms with Crippen LogP contribution in [0.1, 0.15) is 0 Å².